The summed E-state index contributed by atoms with van der Waals surface area (Å²) >= 11 is 0. The summed E-state index contributed by atoms with van der Waals surface area (Å²) in [5.41, 5.74) is -2.09. The van der Waals surface area contributed by atoms with Gasteiger partial charge in [0, 0.05) is 25.0 Å². The van der Waals surface area contributed by atoms with Crippen LogP contribution in [0.25, 0.3) is 0 Å². The van der Waals surface area contributed by atoms with Gasteiger partial charge in [-0.1, -0.05) is 101 Å². The van der Waals surface area contributed by atoms with Crippen molar-refractivity contribution >= 4 is 19.7 Å². The number of hydrogen-bond donors (Lipinski definition) is 6. The second kappa shape index (κ2) is 23.2. The lowest BCUT2D eigenvalue weighted by Gasteiger charge is -2.35. The van der Waals surface area contributed by atoms with Crippen LogP contribution >= 0.6 is 7.82 Å². The summed E-state index contributed by atoms with van der Waals surface area (Å²) in [6.07, 6.45) is 24.1. The van der Waals surface area contributed by atoms with Gasteiger partial charge in [0.25, 0.3) is 0 Å². The standard InChI is InChI=1S/C37H60NO10P/c1-3-5-6-7-8-9-10-11-12-20-35(41)38-26-25-37(43,24-23-33-30(4-2)21-22-36(42)47-33)34(48-49(44,45)46)28-32(40)18-14-13-16-29-17-15-19-31(39)27-29/h12-14,16,18,20-24,29-34,39-40,43H,3-11,15,17,19,25-28H2,1-2H3,(H,38,41)(H2,44,45,46)/b16-13-,18-14-,20-12+,24-23+/t29-,30+,31+,32+,33+,34-,37+/m1/s1. The van der Waals surface area contributed by atoms with E-state index in [-0.39, 0.29) is 36.8 Å². The second-order valence-electron chi connectivity index (χ2n) is 13.3. The van der Waals surface area contributed by atoms with Crippen molar-refractivity contribution in [2.24, 2.45) is 11.8 Å². The van der Waals surface area contributed by atoms with Gasteiger partial charge in [-0.3, -0.25) is 9.32 Å². The van der Waals surface area contributed by atoms with E-state index in [2.05, 4.69) is 12.2 Å². The molecule has 1 aliphatic heterocycles. The van der Waals surface area contributed by atoms with Crippen LogP contribution in [0.15, 0.2) is 60.8 Å². The quantitative estimate of drug-likeness (QED) is 0.0187. The average molecular weight is 710 g/mol. The van der Waals surface area contributed by atoms with Gasteiger partial charge >= 0.3 is 13.8 Å². The number of carbonyl (C=O) groups excluding carboxylic acids is 2. The van der Waals surface area contributed by atoms with Gasteiger partial charge in [-0.15, -0.1) is 0 Å². The highest BCUT2D eigenvalue weighted by Crippen LogP contribution is 2.42. The number of aliphatic hydroxyl groups is 3. The number of aliphatic hydroxyl groups excluding tert-OH is 2. The molecule has 2 aliphatic rings. The van der Waals surface area contributed by atoms with Gasteiger partial charge in [0.1, 0.15) is 17.8 Å². The number of hydrogen-bond acceptors (Lipinski definition) is 8. The topological polar surface area (TPSA) is 183 Å². The third-order valence-electron chi connectivity index (χ3n) is 9.06. The van der Waals surface area contributed by atoms with Gasteiger partial charge in [0.2, 0.25) is 5.91 Å². The first-order valence-electron chi connectivity index (χ1n) is 18.0. The summed E-state index contributed by atoms with van der Waals surface area (Å²) in [5.74, 6) is -0.907. The summed E-state index contributed by atoms with van der Waals surface area (Å²) in [4.78, 5) is 44.0. The van der Waals surface area contributed by atoms with E-state index in [1.54, 1.807) is 24.3 Å². The first kappa shape index (κ1) is 42.8. The highest BCUT2D eigenvalue weighted by Gasteiger charge is 2.41. The summed E-state index contributed by atoms with van der Waals surface area (Å²) in [6.45, 7) is 4.02. The van der Waals surface area contributed by atoms with Crippen LogP contribution in [0.1, 0.15) is 110 Å². The van der Waals surface area contributed by atoms with Gasteiger partial charge in [-0.05, 0) is 63.0 Å². The van der Waals surface area contributed by atoms with Crippen molar-refractivity contribution in [2.45, 2.75) is 140 Å². The Labute approximate surface area is 292 Å². The van der Waals surface area contributed by atoms with Crippen molar-refractivity contribution < 1.29 is 48.5 Å². The molecule has 1 amide bonds. The van der Waals surface area contributed by atoms with Crippen molar-refractivity contribution in [3.8, 4) is 0 Å². The molecule has 0 bridgehead atoms. The van der Waals surface area contributed by atoms with E-state index in [0.717, 1.165) is 38.5 Å². The van der Waals surface area contributed by atoms with Crippen molar-refractivity contribution in [1.29, 1.82) is 0 Å². The van der Waals surface area contributed by atoms with Gasteiger partial charge in [0.05, 0.1) is 12.2 Å². The fraction of sp³-hybridized carbons (Fsp3) is 0.676. The van der Waals surface area contributed by atoms with Crippen LogP contribution in [0.3, 0.4) is 0 Å². The Balaban J connectivity index is 2.14. The zero-order valence-corrected chi connectivity index (χ0v) is 30.2. The highest BCUT2D eigenvalue weighted by atomic mass is 31.2. The minimum atomic E-state index is -5.16. The van der Waals surface area contributed by atoms with Crippen LogP contribution in [0.4, 0.5) is 0 Å². The van der Waals surface area contributed by atoms with Crippen LogP contribution in [-0.4, -0.2) is 73.5 Å². The number of carbonyl (C=O) groups is 2. The molecule has 0 unspecified atom stereocenters. The van der Waals surface area contributed by atoms with E-state index < -0.39 is 44.1 Å². The first-order valence-corrected chi connectivity index (χ1v) is 19.6. The van der Waals surface area contributed by atoms with Gasteiger partial charge in [-0.25, -0.2) is 9.36 Å². The van der Waals surface area contributed by atoms with Gasteiger partial charge in [-0.2, -0.15) is 0 Å². The molecule has 7 atom stereocenters. The average Bonchev–Trinajstić information content (AvgIpc) is 3.04. The summed E-state index contributed by atoms with van der Waals surface area (Å²) < 4.78 is 22.6. The van der Waals surface area contributed by atoms with E-state index in [9.17, 15) is 39.3 Å². The van der Waals surface area contributed by atoms with E-state index in [0.29, 0.717) is 12.8 Å². The molecule has 0 spiro atoms. The lowest BCUT2D eigenvalue weighted by molar-refractivity contribution is -0.143. The van der Waals surface area contributed by atoms with Crippen LogP contribution in [-0.2, 0) is 23.4 Å². The molecular formula is C37H60NO10P. The maximum absolute atomic E-state index is 12.5. The summed E-state index contributed by atoms with van der Waals surface area (Å²) in [7, 11) is -5.16. The Morgan fingerprint density at radius 1 is 1.12 bits per heavy atom. The minimum absolute atomic E-state index is 0.0774. The number of rotatable bonds is 23. The zero-order chi connectivity index (χ0) is 36.1. The van der Waals surface area contributed by atoms with Crippen LogP contribution in [0, 0.1) is 11.8 Å². The lowest BCUT2D eigenvalue weighted by Crippen LogP contribution is -2.46. The first-order chi connectivity index (χ1) is 23.3. The third kappa shape index (κ3) is 18.4. The number of allylic oxidation sites excluding steroid dienone is 4. The number of unbranched alkanes of at least 4 members (excludes halogenated alkanes) is 7. The Bertz CT molecular complexity index is 1180. The number of amides is 1. The number of ether oxygens (including phenoxy) is 1. The largest absolute Gasteiger partial charge is 0.469 e. The molecule has 278 valence electrons. The Morgan fingerprint density at radius 2 is 1.86 bits per heavy atom. The number of esters is 1. The summed E-state index contributed by atoms with van der Waals surface area (Å²) in [5, 5.41) is 35.3. The van der Waals surface area contributed by atoms with Crippen LogP contribution < -0.4 is 5.32 Å². The van der Waals surface area contributed by atoms with E-state index in [1.165, 1.54) is 62.5 Å². The normalized spacial score (nSPS) is 24.5. The molecule has 0 saturated heterocycles. The molecule has 49 heavy (non-hydrogen) atoms. The smallest absolute Gasteiger partial charge is 0.454 e. The van der Waals surface area contributed by atoms with E-state index >= 15 is 0 Å². The molecule has 0 aromatic carbocycles. The predicted octanol–water partition coefficient (Wildman–Crippen LogP) is 5.88. The van der Waals surface area contributed by atoms with Crippen molar-refractivity contribution in [3.63, 3.8) is 0 Å². The maximum atomic E-state index is 12.5. The molecule has 6 N–H and O–H groups in total. The predicted molar refractivity (Wildman–Crippen MR) is 190 cm³/mol. The monoisotopic (exact) mass is 709 g/mol. The molecule has 1 aliphatic carbocycles. The van der Waals surface area contributed by atoms with Crippen LogP contribution in [0.2, 0.25) is 0 Å². The molecule has 1 heterocycles. The number of phosphoric ester groups is 1. The minimum Gasteiger partial charge on any atom is -0.454 e. The number of phosphoric acid groups is 1. The van der Waals surface area contributed by atoms with Crippen molar-refractivity contribution in [3.05, 3.63) is 60.8 Å². The molecule has 0 aromatic rings. The molecule has 1 fully saturated rings. The van der Waals surface area contributed by atoms with Crippen molar-refractivity contribution in [2.75, 3.05) is 6.54 Å². The Hall–Kier alpha value is -2.37. The third-order valence-corrected chi connectivity index (χ3v) is 9.59. The lowest BCUT2D eigenvalue weighted by atomic mass is 9.86. The molecule has 2 rings (SSSR count). The molecule has 1 saturated carbocycles. The SMILES string of the molecule is CCCCCCCCC/C=C/C(=O)NCC[C@@](O)(/C=C/[C@@H]1OC(=O)C=C[C@@H]1CC)[C@@H](C[C@@H](O)/C=C\C=C/[C@@H]1CCC[C@H](O)C1)OP(=O)(O)O. The molecule has 11 nitrogen and oxygen atoms in total. The summed E-state index contributed by atoms with van der Waals surface area (Å²) in [6, 6.07) is 0. The Kier molecular flexibility index (Phi) is 20.2. The number of nitrogens with one attached hydrogen (secondary N) is 1. The number of cyclic esters (lactones) is 1. The van der Waals surface area contributed by atoms with Gasteiger partial charge < -0.3 is 35.2 Å². The molecular weight excluding hydrogens is 649 g/mol. The van der Waals surface area contributed by atoms with Crippen molar-refractivity contribution in [1.82, 2.24) is 5.32 Å². The fourth-order valence-electron chi connectivity index (χ4n) is 6.18. The second-order valence-corrected chi connectivity index (χ2v) is 14.5. The van der Waals surface area contributed by atoms with E-state index in [4.69, 9.17) is 9.26 Å². The molecule has 0 radical (unpaired) electrons. The van der Waals surface area contributed by atoms with Crippen LogP contribution in [0.5, 0.6) is 0 Å². The fourth-order valence-corrected chi connectivity index (χ4v) is 6.78. The Morgan fingerprint density at radius 3 is 2.55 bits per heavy atom. The van der Waals surface area contributed by atoms with E-state index in [1.807, 2.05) is 13.0 Å². The molecule has 0 aromatic heterocycles. The highest BCUT2D eigenvalue weighted by molar-refractivity contribution is 7.46. The zero-order valence-electron chi connectivity index (χ0n) is 29.3. The van der Waals surface area contributed by atoms with Gasteiger partial charge in [0.15, 0.2) is 0 Å². The molecule has 12 heteroatoms. The maximum Gasteiger partial charge on any atom is 0.469 e.